The lowest BCUT2D eigenvalue weighted by Crippen LogP contribution is -2.20. The number of nitrogens with zero attached hydrogens (tertiary/aromatic N) is 1. The Morgan fingerprint density at radius 2 is 1.86 bits per heavy atom. The third-order valence-corrected chi connectivity index (χ3v) is 4.17. The van der Waals surface area contributed by atoms with Gasteiger partial charge in [0, 0.05) is 28.8 Å². The van der Waals surface area contributed by atoms with E-state index in [1.807, 2.05) is 36.2 Å². The van der Waals surface area contributed by atoms with E-state index in [2.05, 4.69) is 15.9 Å². The second-order valence-electron chi connectivity index (χ2n) is 4.91. The van der Waals surface area contributed by atoms with E-state index >= 15 is 0 Å². The minimum atomic E-state index is -0.606. The zero-order valence-electron chi connectivity index (χ0n) is 11.6. The average Bonchev–Trinajstić information content (AvgIpc) is 2.45. The van der Waals surface area contributed by atoms with Gasteiger partial charge in [0.25, 0.3) is 0 Å². The second kappa shape index (κ2) is 7.16. The fourth-order valence-corrected chi connectivity index (χ4v) is 2.88. The number of hydrogen-bond acceptors (Lipinski definition) is 3. The molecule has 2 aromatic rings. The molecule has 0 saturated heterocycles. The van der Waals surface area contributed by atoms with Crippen LogP contribution >= 0.6 is 27.5 Å². The molecule has 1 atom stereocenters. The molecule has 1 unspecified atom stereocenters. The van der Waals surface area contributed by atoms with Crippen LogP contribution in [0.25, 0.3) is 0 Å². The SMILES string of the molecule is CN(CCC(O)c1ccc(Br)cc1Cl)c1ccc(O)cc1. The zero-order valence-corrected chi connectivity index (χ0v) is 14.0. The van der Waals surface area contributed by atoms with Crippen LogP contribution in [0.4, 0.5) is 5.69 Å². The van der Waals surface area contributed by atoms with Gasteiger partial charge in [-0.3, -0.25) is 0 Å². The highest BCUT2D eigenvalue weighted by Crippen LogP contribution is 2.28. The number of rotatable bonds is 5. The minimum Gasteiger partial charge on any atom is -0.508 e. The van der Waals surface area contributed by atoms with Crippen molar-refractivity contribution < 1.29 is 10.2 Å². The molecule has 2 rings (SSSR count). The molecule has 112 valence electrons. The van der Waals surface area contributed by atoms with Crippen molar-refractivity contribution >= 4 is 33.2 Å². The van der Waals surface area contributed by atoms with Gasteiger partial charge in [-0.1, -0.05) is 33.6 Å². The fraction of sp³-hybridized carbons (Fsp3) is 0.250. The summed E-state index contributed by atoms with van der Waals surface area (Å²) in [5.74, 6) is 0.244. The van der Waals surface area contributed by atoms with Crippen molar-refractivity contribution in [2.75, 3.05) is 18.5 Å². The van der Waals surface area contributed by atoms with Crippen LogP contribution in [0, 0.1) is 0 Å². The van der Waals surface area contributed by atoms with Crippen LogP contribution in [0.2, 0.25) is 5.02 Å². The molecule has 0 aliphatic carbocycles. The fourth-order valence-electron chi connectivity index (χ4n) is 2.08. The monoisotopic (exact) mass is 369 g/mol. The van der Waals surface area contributed by atoms with Crippen LogP contribution in [0.3, 0.4) is 0 Å². The molecule has 3 nitrogen and oxygen atoms in total. The first-order chi connectivity index (χ1) is 9.97. The van der Waals surface area contributed by atoms with Gasteiger partial charge in [-0.2, -0.15) is 0 Å². The minimum absolute atomic E-state index is 0.244. The molecule has 21 heavy (non-hydrogen) atoms. The molecule has 0 spiro atoms. The van der Waals surface area contributed by atoms with Gasteiger partial charge in [0.2, 0.25) is 0 Å². The van der Waals surface area contributed by atoms with E-state index < -0.39 is 6.10 Å². The highest BCUT2D eigenvalue weighted by molar-refractivity contribution is 9.10. The van der Waals surface area contributed by atoms with E-state index in [0.717, 1.165) is 15.7 Å². The van der Waals surface area contributed by atoms with Crippen molar-refractivity contribution in [3.05, 3.63) is 57.5 Å². The van der Waals surface area contributed by atoms with Crippen molar-refractivity contribution in [3.63, 3.8) is 0 Å². The van der Waals surface area contributed by atoms with E-state index in [-0.39, 0.29) is 5.75 Å². The summed E-state index contributed by atoms with van der Waals surface area (Å²) in [7, 11) is 1.95. The summed E-state index contributed by atoms with van der Waals surface area (Å²) in [5.41, 5.74) is 1.72. The van der Waals surface area contributed by atoms with Gasteiger partial charge >= 0.3 is 0 Å². The van der Waals surface area contributed by atoms with E-state index in [4.69, 9.17) is 11.6 Å². The molecule has 0 amide bonds. The van der Waals surface area contributed by atoms with Gasteiger partial charge < -0.3 is 15.1 Å². The lowest BCUT2D eigenvalue weighted by atomic mass is 10.1. The molecule has 0 fully saturated rings. The molecule has 0 aliphatic heterocycles. The number of anilines is 1. The summed E-state index contributed by atoms with van der Waals surface area (Å²) < 4.78 is 0.893. The third kappa shape index (κ3) is 4.37. The van der Waals surface area contributed by atoms with Crippen molar-refractivity contribution in [1.82, 2.24) is 0 Å². The van der Waals surface area contributed by atoms with Gasteiger partial charge in [-0.25, -0.2) is 0 Å². The summed E-state index contributed by atoms with van der Waals surface area (Å²) in [5, 5.41) is 20.1. The highest BCUT2D eigenvalue weighted by Gasteiger charge is 2.13. The Balaban J connectivity index is 1.97. The summed E-state index contributed by atoms with van der Waals surface area (Å²) >= 11 is 9.49. The van der Waals surface area contributed by atoms with Crippen molar-refractivity contribution in [3.8, 4) is 5.75 Å². The first-order valence-electron chi connectivity index (χ1n) is 6.60. The van der Waals surface area contributed by atoms with Crippen molar-refractivity contribution in [2.45, 2.75) is 12.5 Å². The Labute approximate surface area is 137 Å². The molecule has 2 aromatic carbocycles. The summed E-state index contributed by atoms with van der Waals surface area (Å²) in [6.45, 7) is 0.679. The third-order valence-electron chi connectivity index (χ3n) is 3.35. The number of aliphatic hydroxyl groups excluding tert-OH is 1. The van der Waals surface area contributed by atoms with Crippen LogP contribution in [-0.2, 0) is 0 Å². The van der Waals surface area contributed by atoms with Crippen molar-refractivity contribution in [2.24, 2.45) is 0 Å². The number of halogens is 2. The number of aliphatic hydroxyl groups is 1. The van der Waals surface area contributed by atoms with Gasteiger partial charge in [0.05, 0.1) is 6.10 Å². The molecule has 2 N–H and O–H groups in total. The van der Waals surface area contributed by atoms with Crippen LogP contribution in [0.1, 0.15) is 18.1 Å². The Morgan fingerprint density at radius 3 is 2.48 bits per heavy atom. The average molecular weight is 371 g/mol. The molecule has 0 saturated carbocycles. The first-order valence-corrected chi connectivity index (χ1v) is 7.77. The van der Waals surface area contributed by atoms with Crippen molar-refractivity contribution in [1.29, 1.82) is 0 Å². The largest absolute Gasteiger partial charge is 0.508 e. The van der Waals surface area contributed by atoms with E-state index in [1.54, 1.807) is 18.2 Å². The normalized spacial score (nSPS) is 12.2. The summed E-state index contributed by atoms with van der Waals surface area (Å²) in [6, 6.07) is 12.5. The maximum Gasteiger partial charge on any atom is 0.115 e. The summed E-state index contributed by atoms with van der Waals surface area (Å²) in [6.07, 6.45) is -0.0381. The number of phenols is 1. The standard InChI is InChI=1S/C16H17BrClNO2/c1-19(12-3-5-13(20)6-4-12)9-8-16(21)14-7-2-11(17)10-15(14)18/h2-7,10,16,20-21H,8-9H2,1H3. The quantitative estimate of drug-likeness (QED) is 0.821. The van der Waals surface area contributed by atoms with Crippen LogP contribution in [-0.4, -0.2) is 23.8 Å². The number of benzene rings is 2. The number of hydrogen-bond donors (Lipinski definition) is 2. The Bertz CT molecular complexity index is 604. The van der Waals surface area contributed by atoms with Gasteiger partial charge in [-0.05, 0) is 48.4 Å². The lowest BCUT2D eigenvalue weighted by molar-refractivity contribution is 0.170. The first kappa shape index (κ1) is 16.1. The van der Waals surface area contributed by atoms with Crippen LogP contribution in [0.15, 0.2) is 46.9 Å². The Morgan fingerprint density at radius 1 is 1.19 bits per heavy atom. The van der Waals surface area contributed by atoms with Crippen LogP contribution in [0.5, 0.6) is 5.75 Å². The van der Waals surface area contributed by atoms with Crippen LogP contribution < -0.4 is 4.90 Å². The molecule has 0 aliphatic rings. The maximum absolute atomic E-state index is 10.3. The van der Waals surface area contributed by atoms with Gasteiger partial charge in [-0.15, -0.1) is 0 Å². The van der Waals surface area contributed by atoms with E-state index in [1.165, 1.54) is 0 Å². The van der Waals surface area contributed by atoms with E-state index in [0.29, 0.717) is 18.0 Å². The number of phenolic OH excluding ortho intramolecular Hbond substituents is 1. The van der Waals surface area contributed by atoms with E-state index in [9.17, 15) is 10.2 Å². The lowest BCUT2D eigenvalue weighted by Gasteiger charge is -2.21. The molecule has 0 aromatic heterocycles. The topological polar surface area (TPSA) is 43.7 Å². The predicted octanol–water partition coefficient (Wildman–Crippen LogP) is 4.37. The zero-order chi connectivity index (χ0) is 15.4. The van der Waals surface area contributed by atoms with Gasteiger partial charge in [0.1, 0.15) is 5.75 Å². The maximum atomic E-state index is 10.3. The Hall–Kier alpha value is -1.23. The molecule has 0 heterocycles. The Kier molecular flexibility index (Phi) is 5.51. The number of aromatic hydroxyl groups is 1. The second-order valence-corrected chi connectivity index (χ2v) is 6.23. The highest BCUT2D eigenvalue weighted by atomic mass is 79.9. The molecular weight excluding hydrogens is 354 g/mol. The molecule has 0 radical (unpaired) electrons. The smallest absolute Gasteiger partial charge is 0.115 e. The molecular formula is C16H17BrClNO2. The van der Waals surface area contributed by atoms with Gasteiger partial charge in [0.15, 0.2) is 0 Å². The summed E-state index contributed by atoms with van der Waals surface area (Å²) in [4.78, 5) is 2.02. The molecule has 0 bridgehead atoms. The predicted molar refractivity (Wildman–Crippen MR) is 90.1 cm³/mol. The molecule has 5 heteroatoms.